The van der Waals surface area contributed by atoms with Gasteiger partial charge in [-0.1, -0.05) is 25.1 Å². The van der Waals surface area contributed by atoms with Crippen molar-refractivity contribution in [1.82, 2.24) is 0 Å². The van der Waals surface area contributed by atoms with Gasteiger partial charge < -0.3 is 14.8 Å². The summed E-state index contributed by atoms with van der Waals surface area (Å²) in [5.41, 5.74) is 1.22. The molecule has 7 heteroatoms. The van der Waals surface area contributed by atoms with E-state index in [1.807, 2.05) is 19.1 Å². The highest BCUT2D eigenvalue weighted by atomic mass is 16.5. The molecule has 1 heterocycles. The van der Waals surface area contributed by atoms with Crippen LogP contribution >= 0.6 is 0 Å². The number of imide groups is 1. The molecule has 1 N–H and O–H groups in total. The van der Waals surface area contributed by atoms with E-state index in [-0.39, 0.29) is 35.5 Å². The van der Waals surface area contributed by atoms with Crippen molar-refractivity contribution >= 4 is 29.1 Å². The number of ether oxygens (including phenoxy) is 2. The van der Waals surface area contributed by atoms with Crippen LogP contribution in [0.15, 0.2) is 54.6 Å². The second kappa shape index (κ2) is 8.26. The van der Waals surface area contributed by atoms with Gasteiger partial charge in [0.1, 0.15) is 11.5 Å². The molecule has 0 bridgehead atoms. The number of methoxy groups -OCH3 is 2. The Hall–Kier alpha value is -3.61. The first-order valence-electron chi connectivity index (χ1n) is 10.1. The van der Waals surface area contributed by atoms with Crippen molar-refractivity contribution in [2.45, 2.75) is 13.3 Å². The summed E-state index contributed by atoms with van der Waals surface area (Å²) < 4.78 is 10.5. The number of nitrogens with one attached hydrogen (secondary N) is 1. The maximum absolute atomic E-state index is 13.0. The molecule has 3 amide bonds. The number of nitrogens with zero attached hydrogens (tertiary/aromatic N) is 1. The second-order valence-electron chi connectivity index (χ2n) is 7.74. The van der Waals surface area contributed by atoms with Crippen molar-refractivity contribution in [2.24, 2.45) is 17.8 Å². The number of allylic oxidation sites excluding steroid dienone is 2. The van der Waals surface area contributed by atoms with E-state index in [4.69, 9.17) is 9.47 Å². The smallest absolute Gasteiger partial charge is 0.255 e. The molecule has 0 radical (unpaired) electrons. The first-order chi connectivity index (χ1) is 14.9. The van der Waals surface area contributed by atoms with Crippen molar-refractivity contribution in [2.75, 3.05) is 24.4 Å². The predicted octanol–water partition coefficient (Wildman–Crippen LogP) is 3.66. The van der Waals surface area contributed by atoms with Gasteiger partial charge in [-0.2, -0.15) is 0 Å². The maximum Gasteiger partial charge on any atom is 0.255 e. The summed E-state index contributed by atoms with van der Waals surface area (Å²) in [5.74, 6) is -0.410. The molecule has 31 heavy (non-hydrogen) atoms. The third-order valence-corrected chi connectivity index (χ3v) is 5.90. The quantitative estimate of drug-likeness (QED) is 0.589. The normalized spacial score (nSPS) is 22.3. The molecular formula is C24H24N2O5. The van der Waals surface area contributed by atoms with E-state index < -0.39 is 0 Å². The average Bonchev–Trinajstić information content (AvgIpc) is 3.05. The van der Waals surface area contributed by atoms with Crippen LogP contribution in [0.2, 0.25) is 0 Å². The zero-order chi connectivity index (χ0) is 22.1. The molecule has 1 aliphatic carbocycles. The van der Waals surface area contributed by atoms with E-state index in [0.29, 0.717) is 34.9 Å². The Labute approximate surface area is 180 Å². The lowest BCUT2D eigenvalue weighted by Gasteiger charge is -2.22. The summed E-state index contributed by atoms with van der Waals surface area (Å²) in [6, 6.07) is 11.6. The standard InChI is InChI=1S/C24H24N2O5/c1-14-6-4-9-18-21(14)24(29)26(23(18)28)16-8-5-7-15(12-16)22(27)25-19-11-10-17(30-2)13-20(19)31-3/h4-8,10-14,18,21H,9H2,1-3H3,(H,25,27)/t14-,18-,21-/m1/s1. The third kappa shape index (κ3) is 3.67. The van der Waals surface area contributed by atoms with Crippen molar-refractivity contribution in [1.29, 1.82) is 0 Å². The summed E-state index contributed by atoms with van der Waals surface area (Å²) in [4.78, 5) is 40.1. The molecule has 0 aromatic heterocycles. The van der Waals surface area contributed by atoms with Crippen LogP contribution < -0.4 is 19.7 Å². The minimum absolute atomic E-state index is 0.00854. The fourth-order valence-electron chi connectivity index (χ4n) is 4.28. The Kier molecular flexibility index (Phi) is 5.50. The fourth-order valence-corrected chi connectivity index (χ4v) is 4.28. The molecule has 1 aliphatic heterocycles. The summed E-state index contributed by atoms with van der Waals surface area (Å²) in [6.07, 6.45) is 4.52. The van der Waals surface area contributed by atoms with Gasteiger partial charge in [0.25, 0.3) is 5.91 Å². The van der Waals surface area contributed by atoms with Crippen LogP contribution in [0.1, 0.15) is 23.7 Å². The van der Waals surface area contributed by atoms with Gasteiger partial charge in [0.2, 0.25) is 11.8 Å². The maximum atomic E-state index is 13.0. The number of carbonyl (C=O) groups excluding carboxylic acids is 3. The summed E-state index contributed by atoms with van der Waals surface area (Å²) in [5, 5.41) is 2.81. The highest BCUT2D eigenvalue weighted by molar-refractivity contribution is 6.22. The largest absolute Gasteiger partial charge is 0.497 e. The number of benzene rings is 2. The molecule has 7 nitrogen and oxygen atoms in total. The van der Waals surface area contributed by atoms with Crippen molar-refractivity contribution < 1.29 is 23.9 Å². The van der Waals surface area contributed by atoms with E-state index in [1.54, 1.807) is 49.6 Å². The Morgan fingerprint density at radius 3 is 2.58 bits per heavy atom. The number of amides is 3. The Balaban J connectivity index is 1.59. The molecule has 0 spiro atoms. The monoisotopic (exact) mass is 420 g/mol. The second-order valence-corrected chi connectivity index (χ2v) is 7.74. The Morgan fingerprint density at radius 1 is 1.06 bits per heavy atom. The van der Waals surface area contributed by atoms with Gasteiger partial charge in [-0.25, -0.2) is 0 Å². The van der Waals surface area contributed by atoms with E-state index in [1.165, 1.54) is 12.0 Å². The van der Waals surface area contributed by atoms with E-state index in [2.05, 4.69) is 5.32 Å². The number of anilines is 2. The fraction of sp³-hybridized carbons (Fsp3) is 0.292. The van der Waals surface area contributed by atoms with E-state index in [9.17, 15) is 14.4 Å². The minimum Gasteiger partial charge on any atom is -0.497 e. The Bertz CT molecular complexity index is 1080. The SMILES string of the molecule is COc1ccc(NC(=O)c2cccc(N3C(=O)[C@@H]4[C@H](C)C=CC[C@H]4C3=O)c2)c(OC)c1. The minimum atomic E-state index is -0.378. The van der Waals surface area contributed by atoms with Crippen LogP contribution in [0, 0.1) is 17.8 Å². The number of fused-ring (bicyclic) bond motifs is 1. The van der Waals surface area contributed by atoms with E-state index in [0.717, 1.165) is 0 Å². The molecule has 3 atom stereocenters. The van der Waals surface area contributed by atoms with Gasteiger partial charge in [0.05, 0.1) is 37.4 Å². The molecular weight excluding hydrogens is 396 g/mol. The summed E-state index contributed by atoms with van der Waals surface area (Å²) in [6.45, 7) is 1.95. The molecule has 2 aromatic carbocycles. The zero-order valence-electron chi connectivity index (χ0n) is 17.6. The Morgan fingerprint density at radius 2 is 1.87 bits per heavy atom. The van der Waals surface area contributed by atoms with Crippen molar-refractivity contribution in [3.63, 3.8) is 0 Å². The van der Waals surface area contributed by atoms with Gasteiger partial charge in [0, 0.05) is 11.6 Å². The highest BCUT2D eigenvalue weighted by Gasteiger charge is 2.50. The molecule has 1 fully saturated rings. The molecule has 0 saturated carbocycles. The molecule has 0 unspecified atom stereocenters. The van der Waals surface area contributed by atoms with Crippen LogP contribution in [0.3, 0.4) is 0 Å². The van der Waals surface area contributed by atoms with Crippen LogP contribution in [0.5, 0.6) is 11.5 Å². The van der Waals surface area contributed by atoms with Crippen LogP contribution in [-0.2, 0) is 9.59 Å². The van der Waals surface area contributed by atoms with Gasteiger partial charge in [-0.05, 0) is 42.7 Å². The highest BCUT2D eigenvalue weighted by Crippen LogP contribution is 2.40. The van der Waals surface area contributed by atoms with Gasteiger partial charge in [-0.15, -0.1) is 0 Å². The average molecular weight is 420 g/mol. The predicted molar refractivity (Wildman–Crippen MR) is 116 cm³/mol. The lowest BCUT2D eigenvalue weighted by molar-refractivity contribution is -0.122. The number of carbonyl (C=O) groups is 3. The molecule has 2 aromatic rings. The van der Waals surface area contributed by atoms with E-state index >= 15 is 0 Å². The van der Waals surface area contributed by atoms with Gasteiger partial charge >= 0.3 is 0 Å². The zero-order valence-corrected chi connectivity index (χ0v) is 17.6. The summed E-state index contributed by atoms with van der Waals surface area (Å²) in [7, 11) is 3.05. The van der Waals surface area contributed by atoms with Crippen LogP contribution in [0.4, 0.5) is 11.4 Å². The van der Waals surface area contributed by atoms with Crippen LogP contribution in [0.25, 0.3) is 0 Å². The lowest BCUT2D eigenvalue weighted by Crippen LogP contribution is -2.31. The van der Waals surface area contributed by atoms with Gasteiger partial charge in [0.15, 0.2) is 0 Å². The van der Waals surface area contributed by atoms with Crippen LogP contribution in [-0.4, -0.2) is 31.9 Å². The van der Waals surface area contributed by atoms with Crippen molar-refractivity contribution in [3.05, 3.63) is 60.2 Å². The third-order valence-electron chi connectivity index (χ3n) is 5.90. The molecule has 2 aliphatic rings. The topological polar surface area (TPSA) is 84.9 Å². The number of rotatable bonds is 5. The van der Waals surface area contributed by atoms with Gasteiger partial charge in [-0.3, -0.25) is 19.3 Å². The van der Waals surface area contributed by atoms with Crippen molar-refractivity contribution in [3.8, 4) is 11.5 Å². The molecule has 1 saturated heterocycles. The number of hydrogen-bond acceptors (Lipinski definition) is 5. The first kappa shape index (κ1) is 20.7. The lowest BCUT2D eigenvalue weighted by atomic mass is 9.78. The number of hydrogen-bond donors (Lipinski definition) is 1. The molecule has 4 rings (SSSR count). The molecule has 160 valence electrons. The first-order valence-corrected chi connectivity index (χ1v) is 10.1. The summed E-state index contributed by atoms with van der Waals surface area (Å²) >= 11 is 0.